The number of carboxylic acids is 1. The monoisotopic (exact) mass is 404 g/mol. The Bertz CT molecular complexity index is 869. The summed E-state index contributed by atoms with van der Waals surface area (Å²) >= 11 is 0. The molecule has 29 heavy (non-hydrogen) atoms. The molecule has 0 spiro atoms. The van der Waals surface area contributed by atoms with E-state index >= 15 is 0 Å². The molecule has 0 aliphatic rings. The van der Waals surface area contributed by atoms with Gasteiger partial charge in [0.05, 0.1) is 24.4 Å². The second-order valence-corrected chi connectivity index (χ2v) is 6.68. The second-order valence-electron chi connectivity index (χ2n) is 6.68. The van der Waals surface area contributed by atoms with Crippen LogP contribution in [0.2, 0.25) is 0 Å². The van der Waals surface area contributed by atoms with Crippen LogP contribution >= 0.6 is 0 Å². The van der Waals surface area contributed by atoms with Crippen molar-refractivity contribution in [2.45, 2.75) is 32.4 Å². The molecule has 0 unspecified atom stereocenters. The van der Waals surface area contributed by atoms with Crippen LogP contribution in [0.25, 0.3) is 0 Å². The van der Waals surface area contributed by atoms with Crippen molar-refractivity contribution in [3.63, 3.8) is 0 Å². The first-order valence-electron chi connectivity index (χ1n) is 8.98. The van der Waals surface area contributed by atoms with Gasteiger partial charge >= 0.3 is 5.97 Å². The van der Waals surface area contributed by atoms with Crippen LogP contribution in [-0.2, 0) is 14.4 Å². The largest absolute Gasteiger partial charge is 0.481 e. The van der Waals surface area contributed by atoms with Crippen LogP contribution in [0.4, 0.5) is 8.78 Å². The first kappa shape index (κ1) is 22.0. The second kappa shape index (κ2) is 9.77. The molecular formula is C21H22F2N2O4. The van der Waals surface area contributed by atoms with Gasteiger partial charge in [-0.1, -0.05) is 36.4 Å². The average molecular weight is 404 g/mol. The molecule has 0 radical (unpaired) electrons. The quantitative estimate of drug-likeness (QED) is 0.630. The molecule has 3 atom stereocenters. The van der Waals surface area contributed by atoms with E-state index in [0.717, 1.165) is 12.1 Å². The number of benzene rings is 2. The maximum Gasteiger partial charge on any atom is 0.308 e. The summed E-state index contributed by atoms with van der Waals surface area (Å²) in [5.41, 5.74) is 0.143. The number of aliphatic carboxylic acids is 1. The van der Waals surface area contributed by atoms with E-state index in [4.69, 9.17) is 0 Å². The van der Waals surface area contributed by atoms with Gasteiger partial charge in [-0.25, -0.2) is 8.78 Å². The van der Waals surface area contributed by atoms with Crippen LogP contribution < -0.4 is 10.6 Å². The smallest absolute Gasteiger partial charge is 0.308 e. The third kappa shape index (κ3) is 5.84. The summed E-state index contributed by atoms with van der Waals surface area (Å²) in [6.45, 7) is 2.62. The summed E-state index contributed by atoms with van der Waals surface area (Å²) in [5, 5.41) is 14.4. The van der Waals surface area contributed by atoms with E-state index in [1.165, 1.54) is 19.9 Å². The number of rotatable bonds is 8. The highest BCUT2D eigenvalue weighted by atomic mass is 19.1. The minimum atomic E-state index is -1.25. The molecular weight excluding hydrogens is 382 g/mol. The van der Waals surface area contributed by atoms with E-state index in [1.54, 1.807) is 30.3 Å². The Balaban J connectivity index is 2.27. The first-order valence-corrected chi connectivity index (χ1v) is 8.98. The van der Waals surface area contributed by atoms with Crippen molar-refractivity contribution in [2.24, 2.45) is 5.92 Å². The topological polar surface area (TPSA) is 95.5 Å². The normalized spacial score (nSPS) is 13.8. The van der Waals surface area contributed by atoms with Crippen LogP contribution in [0, 0.1) is 17.6 Å². The fraction of sp³-hybridized carbons (Fsp3) is 0.286. The lowest BCUT2D eigenvalue weighted by Gasteiger charge is -2.25. The Morgan fingerprint density at radius 3 is 2.07 bits per heavy atom. The third-order valence-corrected chi connectivity index (χ3v) is 4.48. The Hall–Kier alpha value is -3.29. The lowest BCUT2D eigenvalue weighted by Crippen LogP contribution is -2.38. The minimum Gasteiger partial charge on any atom is -0.481 e. The van der Waals surface area contributed by atoms with Crippen molar-refractivity contribution < 1.29 is 28.3 Å². The maximum absolute atomic E-state index is 14.2. The molecule has 2 amide bonds. The zero-order valence-electron chi connectivity index (χ0n) is 16.0. The molecule has 0 saturated heterocycles. The molecule has 0 aliphatic carbocycles. The van der Waals surface area contributed by atoms with Crippen molar-refractivity contribution in [3.8, 4) is 0 Å². The summed E-state index contributed by atoms with van der Waals surface area (Å²) in [5.74, 6) is -5.08. The molecule has 2 aromatic carbocycles. The molecule has 0 fully saturated rings. The Kier molecular flexibility index (Phi) is 7.41. The fourth-order valence-corrected chi connectivity index (χ4v) is 3.03. The van der Waals surface area contributed by atoms with Gasteiger partial charge in [0.25, 0.3) is 0 Å². The SMILES string of the molecule is CC(=O)N[C@H](CC(=O)N[C@H](c1ccccc1)[C@@H](C)C(=O)O)c1c(F)cccc1F. The number of carbonyl (C=O) groups is 3. The average Bonchev–Trinajstić information content (AvgIpc) is 2.65. The summed E-state index contributed by atoms with van der Waals surface area (Å²) in [6.07, 6.45) is -0.465. The number of nitrogens with one attached hydrogen (secondary N) is 2. The van der Waals surface area contributed by atoms with E-state index in [1.807, 2.05) is 0 Å². The first-order chi connectivity index (χ1) is 13.7. The number of hydrogen-bond donors (Lipinski definition) is 3. The van der Waals surface area contributed by atoms with Crippen LogP contribution in [0.5, 0.6) is 0 Å². The van der Waals surface area contributed by atoms with Crippen LogP contribution in [0.1, 0.15) is 43.5 Å². The van der Waals surface area contributed by atoms with Gasteiger partial charge in [0.15, 0.2) is 0 Å². The number of carboxylic acid groups (broad SMARTS) is 1. The molecule has 3 N–H and O–H groups in total. The number of amides is 2. The van der Waals surface area contributed by atoms with Crippen LogP contribution in [-0.4, -0.2) is 22.9 Å². The van der Waals surface area contributed by atoms with Gasteiger partial charge in [-0.3, -0.25) is 14.4 Å². The molecule has 8 heteroatoms. The van der Waals surface area contributed by atoms with Crippen molar-refractivity contribution in [1.29, 1.82) is 0 Å². The number of carbonyl (C=O) groups excluding carboxylic acids is 2. The Morgan fingerprint density at radius 1 is 0.966 bits per heavy atom. The zero-order valence-corrected chi connectivity index (χ0v) is 16.0. The highest BCUT2D eigenvalue weighted by Crippen LogP contribution is 2.26. The standard InChI is InChI=1S/C21H22F2N2O4/c1-12(21(28)29)20(14-7-4-3-5-8-14)25-18(27)11-17(24-13(2)26)19-15(22)9-6-10-16(19)23/h3-10,12,17,20H,11H2,1-2H3,(H,24,26)(H,25,27)(H,28,29)/t12-,17-,20+/m1/s1. The van der Waals surface area contributed by atoms with Crippen molar-refractivity contribution >= 4 is 17.8 Å². The molecule has 0 heterocycles. The van der Waals surface area contributed by atoms with Crippen molar-refractivity contribution in [2.75, 3.05) is 0 Å². The molecule has 2 aromatic rings. The van der Waals surface area contributed by atoms with Gasteiger partial charge in [0.1, 0.15) is 11.6 Å². The molecule has 0 bridgehead atoms. The van der Waals surface area contributed by atoms with Crippen molar-refractivity contribution in [1.82, 2.24) is 10.6 Å². The molecule has 6 nitrogen and oxygen atoms in total. The lowest BCUT2D eigenvalue weighted by atomic mass is 9.94. The zero-order chi connectivity index (χ0) is 21.6. The highest BCUT2D eigenvalue weighted by Gasteiger charge is 2.29. The van der Waals surface area contributed by atoms with Gasteiger partial charge < -0.3 is 15.7 Å². The van der Waals surface area contributed by atoms with E-state index < -0.39 is 59.4 Å². The summed E-state index contributed by atoms with van der Waals surface area (Å²) < 4.78 is 28.3. The van der Waals surface area contributed by atoms with Crippen molar-refractivity contribution in [3.05, 3.63) is 71.3 Å². The summed E-state index contributed by atoms with van der Waals surface area (Å²) in [4.78, 5) is 35.6. The number of hydrogen-bond acceptors (Lipinski definition) is 3. The lowest BCUT2D eigenvalue weighted by molar-refractivity contribution is -0.142. The Labute approximate surface area is 166 Å². The van der Waals surface area contributed by atoms with Crippen LogP contribution in [0.15, 0.2) is 48.5 Å². The third-order valence-electron chi connectivity index (χ3n) is 4.48. The molecule has 2 rings (SSSR count). The predicted octanol–water partition coefficient (Wildman–Crippen LogP) is 3.11. The minimum absolute atomic E-state index is 0.430. The molecule has 154 valence electrons. The number of halogens is 2. The van der Waals surface area contributed by atoms with E-state index in [9.17, 15) is 28.3 Å². The maximum atomic E-state index is 14.2. The molecule has 0 aromatic heterocycles. The van der Waals surface area contributed by atoms with Crippen LogP contribution in [0.3, 0.4) is 0 Å². The van der Waals surface area contributed by atoms with Gasteiger partial charge in [-0.15, -0.1) is 0 Å². The highest BCUT2D eigenvalue weighted by molar-refractivity contribution is 5.80. The summed E-state index contributed by atoms with van der Waals surface area (Å²) in [6, 6.07) is 9.65. The summed E-state index contributed by atoms with van der Waals surface area (Å²) in [7, 11) is 0. The van der Waals surface area contributed by atoms with E-state index in [-0.39, 0.29) is 0 Å². The van der Waals surface area contributed by atoms with E-state index in [2.05, 4.69) is 10.6 Å². The molecule has 0 aliphatic heterocycles. The Morgan fingerprint density at radius 2 is 1.55 bits per heavy atom. The van der Waals surface area contributed by atoms with Gasteiger partial charge in [0.2, 0.25) is 11.8 Å². The predicted molar refractivity (Wildman–Crippen MR) is 102 cm³/mol. The van der Waals surface area contributed by atoms with Gasteiger partial charge in [-0.2, -0.15) is 0 Å². The molecule has 0 saturated carbocycles. The fourth-order valence-electron chi connectivity index (χ4n) is 3.03. The van der Waals surface area contributed by atoms with Gasteiger partial charge in [-0.05, 0) is 24.6 Å². The van der Waals surface area contributed by atoms with Gasteiger partial charge in [0, 0.05) is 12.5 Å². The van der Waals surface area contributed by atoms with E-state index in [0.29, 0.717) is 5.56 Å².